The van der Waals surface area contributed by atoms with E-state index in [1.165, 1.54) is 25.7 Å². The molecule has 6 heteroatoms. The number of rotatable bonds is 5. The molecule has 0 bridgehead atoms. The molecule has 2 aliphatic rings. The van der Waals surface area contributed by atoms with E-state index in [9.17, 15) is 0 Å². The topological polar surface area (TPSA) is 49.8 Å². The maximum absolute atomic E-state index is 5.68. The lowest BCUT2D eigenvalue weighted by Crippen LogP contribution is -2.45. The molecule has 1 saturated carbocycles. The van der Waals surface area contributed by atoms with Gasteiger partial charge in [0.25, 0.3) is 0 Å². The van der Waals surface area contributed by atoms with E-state index in [2.05, 4.69) is 33.2 Å². The first-order valence-electron chi connectivity index (χ1n) is 8.78. The minimum atomic E-state index is 0. The Kier molecular flexibility index (Phi) is 7.58. The molecule has 134 valence electrons. The van der Waals surface area contributed by atoms with Crippen molar-refractivity contribution in [1.29, 1.82) is 0 Å². The highest BCUT2D eigenvalue weighted by Crippen LogP contribution is 2.29. The van der Waals surface area contributed by atoms with E-state index in [0.29, 0.717) is 0 Å². The minimum absolute atomic E-state index is 0. The molecule has 24 heavy (non-hydrogen) atoms. The predicted molar refractivity (Wildman–Crippen MR) is 108 cm³/mol. The van der Waals surface area contributed by atoms with Gasteiger partial charge in [-0.25, -0.2) is 4.98 Å². The fourth-order valence-corrected chi connectivity index (χ4v) is 2.98. The maximum atomic E-state index is 5.68. The predicted octanol–water partition coefficient (Wildman–Crippen LogP) is 3.30. The Morgan fingerprint density at radius 3 is 2.83 bits per heavy atom. The van der Waals surface area contributed by atoms with Crippen molar-refractivity contribution in [2.24, 2.45) is 16.8 Å². The first-order valence-corrected chi connectivity index (χ1v) is 8.78. The number of nitrogens with zero attached hydrogens (tertiary/aromatic N) is 3. The summed E-state index contributed by atoms with van der Waals surface area (Å²) in [6.07, 6.45) is 7.06. The van der Waals surface area contributed by atoms with Gasteiger partial charge in [0.15, 0.2) is 5.96 Å². The van der Waals surface area contributed by atoms with Crippen LogP contribution >= 0.6 is 24.0 Å². The second-order valence-electron chi connectivity index (χ2n) is 6.85. The van der Waals surface area contributed by atoms with Crippen molar-refractivity contribution in [2.45, 2.75) is 39.2 Å². The third kappa shape index (κ3) is 5.79. The van der Waals surface area contributed by atoms with E-state index >= 15 is 0 Å². The van der Waals surface area contributed by atoms with Gasteiger partial charge in [0.1, 0.15) is 0 Å². The number of guanidine groups is 1. The van der Waals surface area contributed by atoms with Crippen LogP contribution in [0.1, 0.15) is 38.2 Å². The molecule has 2 heterocycles. The van der Waals surface area contributed by atoms with E-state index in [-0.39, 0.29) is 24.0 Å². The van der Waals surface area contributed by atoms with Crippen molar-refractivity contribution in [1.82, 2.24) is 15.2 Å². The Hall–Kier alpha value is -1.05. The van der Waals surface area contributed by atoms with Gasteiger partial charge < -0.3 is 15.0 Å². The first kappa shape index (κ1) is 19.3. The fourth-order valence-electron chi connectivity index (χ4n) is 2.98. The molecule has 0 amide bonds. The molecule has 0 spiro atoms. The largest absolute Gasteiger partial charge is 0.477 e. The normalized spacial score (nSPS) is 21.2. The van der Waals surface area contributed by atoms with Crippen molar-refractivity contribution >= 4 is 29.9 Å². The smallest absolute Gasteiger partial charge is 0.213 e. The van der Waals surface area contributed by atoms with Crippen LogP contribution in [0.15, 0.2) is 23.3 Å². The van der Waals surface area contributed by atoms with Crippen LogP contribution in [-0.2, 0) is 6.54 Å². The summed E-state index contributed by atoms with van der Waals surface area (Å²) in [7, 11) is 1.86. The van der Waals surface area contributed by atoms with Crippen LogP contribution in [0.25, 0.3) is 0 Å². The summed E-state index contributed by atoms with van der Waals surface area (Å²) in [5.41, 5.74) is 1.15. The van der Waals surface area contributed by atoms with Crippen molar-refractivity contribution in [2.75, 3.05) is 26.7 Å². The molecule has 3 rings (SSSR count). The maximum Gasteiger partial charge on any atom is 0.213 e. The Bertz CT molecular complexity index is 530. The summed E-state index contributed by atoms with van der Waals surface area (Å²) in [6, 6.07) is 4.04. The summed E-state index contributed by atoms with van der Waals surface area (Å²) >= 11 is 0. The van der Waals surface area contributed by atoms with Crippen LogP contribution in [0.4, 0.5) is 0 Å². The number of likely N-dealkylation sites (tertiary alicyclic amines) is 1. The zero-order chi connectivity index (χ0) is 16.1. The lowest BCUT2D eigenvalue weighted by Gasteiger charge is -2.33. The molecule has 2 fully saturated rings. The molecule has 1 unspecified atom stereocenters. The number of halogens is 1. The molecule has 1 aliphatic heterocycles. The van der Waals surface area contributed by atoms with Crippen LogP contribution < -0.4 is 10.1 Å². The van der Waals surface area contributed by atoms with Crippen molar-refractivity contribution in [3.05, 3.63) is 23.9 Å². The number of pyridine rings is 1. The molecule has 1 aliphatic carbocycles. The average molecular weight is 444 g/mol. The Morgan fingerprint density at radius 1 is 1.38 bits per heavy atom. The average Bonchev–Trinajstić information content (AvgIpc) is 3.39. The zero-order valence-corrected chi connectivity index (χ0v) is 17.0. The van der Waals surface area contributed by atoms with Gasteiger partial charge >= 0.3 is 0 Å². The van der Waals surface area contributed by atoms with Gasteiger partial charge in [-0.3, -0.25) is 4.99 Å². The van der Waals surface area contributed by atoms with Gasteiger partial charge in [-0.05, 0) is 43.1 Å². The highest BCUT2D eigenvalue weighted by atomic mass is 127. The van der Waals surface area contributed by atoms with Crippen LogP contribution in [0.3, 0.4) is 0 Å². The van der Waals surface area contributed by atoms with E-state index < -0.39 is 0 Å². The van der Waals surface area contributed by atoms with E-state index in [1.807, 2.05) is 19.3 Å². The monoisotopic (exact) mass is 444 g/mol. The van der Waals surface area contributed by atoms with Gasteiger partial charge in [-0.15, -0.1) is 24.0 Å². The summed E-state index contributed by atoms with van der Waals surface area (Å²) < 4.78 is 5.68. The molecule has 1 aromatic heterocycles. The lowest BCUT2D eigenvalue weighted by molar-refractivity contribution is 0.266. The summed E-state index contributed by atoms with van der Waals surface area (Å²) in [4.78, 5) is 11.2. The van der Waals surface area contributed by atoms with E-state index in [4.69, 9.17) is 4.74 Å². The zero-order valence-electron chi connectivity index (χ0n) is 14.7. The van der Waals surface area contributed by atoms with Gasteiger partial charge in [-0.1, -0.05) is 13.0 Å². The third-order valence-corrected chi connectivity index (χ3v) is 4.58. The molecule has 1 aromatic rings. The van der Waals surface area contributed by atoms with Crippen LogP contribution in [0.2, 0.25) is 0 Å². The Balaban J connectivity index is 0.00000208. The number of ether oxygens (including phenoxy) is 1. The number of hydrogen-bond donors (Lipinski definition) is 1. The van der Waals surface area contributed by atoms with Gasteiger partial charge in [0, 0.05) is 38.9 Å². The van der Waals surface area contributed by atoms with Crippen LogP contribution in [0.5, 0.6) is 5.88 Å². The Labute approximate surface area is 162 Å². The summed E-state index contributed by atoms with van der Waals surface area (Å²) in [5, 5.41) is 3.45. The number of piperidine rings is 1. The highest BCUT2D eigenvalue weighted by Gasteiger charge is 2.22. The lowest BCUT2D eigenvalue weighted by atomic mass is 10.0. The second kappa shape index (κ2) is 9.44. The van der Waals surface area contributed by atoms with Gasteiger partial charge in [-0.2, -0.15) is 0 Å². The first-order chi connectivity index (χ1) is 11.2. The van der Waals surface area contributed by atoms with Crippen LogP contribution in [0, 0.1) is 11.8 Å². The van der Waals surface area contributed by atoms with E-state index in [0.717, 1.165) is 55.5 Å². The molecule has 1 saturated heterocycles. The SMILES string of the molecule is CN=C(NCc1ccc(OCC2CC2)nc1)N1CCCC(C)C1.I. The van der Waals surface area contributed by atoms with Gasteiger partial charge in [0.05, 0.1) is 6.61 Å². The molecule has 0 radical (unpaired) electrons. The van der Waals surface area contributed by atoms with Crippen LogP contribution in [-0.4, -0.2) is 42.6 Å². The van der Waals surface area contributed by atoms with Crippen molar-refractivity contribution in [3.8, 4) is 5.88 Å². The van der Waals surface area contributed by atoms with Crippen molar-refractivity contribution < 1.29 is 4.74 Å². The number of aliphatic imine (C=N–C) groups is 1. The minimum Gasteiger partial charge on any atom is -0.477 e. The summed E-state index contributed by atoms with van der Waals surface area (Å²) in [6.45, 7) is 6.05. The molecule has 5 nitrogen and oxygen atoms in total. The Morgan fingerprint density at radius 2 is 2.21 bits per heavy atom. The molecule has 1 N–H and O–H groups in total. The summed E-state index contributed by atoms with van der Waals surface area (Å²) in [5.74, 6) is 3.22. The molecular weight excluding hydrogens is 415 g/mol. The quantitative estimate of drug-likeness (QED) is 0.430. The fraction of sp³-hybridized carbons (Fsp3) is 0.667. The standard InChI is InChI=1S/C18H28N4O.HI/c1-14-4-3-9-22(12-14)18(19-2)21-11-16-7-8-17(20-10-16)23-13-15-5-6-15;/h7-8,10,14-15H,3-6,9,11-13H2,1-2H3,(H,19,21);1H. The molecular formula is C18H29IN4O. The second-order valence-corrected chi connectivity index (χ2v) is 6.85. The third-order valence-electron chi connectivity index (χ3n) is 4.58. The molecule has 0 aromatic carbocycles. The number of hydrogen-bond acceptors (Lipinski definition) is 3. The van der Waals surface area contributed by atoms with E-state index in [1.54, 1.807) is 0 Å². The molecule has 1 atom stereocenters. The number of nitrogens with one attached hydrogen (secondary N) is 1. The number of aromatic nitrogens is 1. The van der Waals surface area contributed by atoms with Crippen molar-refractivity contribution in [3.63, 3.8) is 0 Å². The highest BCUT2D eigenvalue weighted by molar-refractivity contribution is 14.0. The van der Waals surface area contributed by atoms with Gasteiger partial charge in [0.2, 0.25) is 5.88 Å².